The Labute approximate surface area is 189 Å². The number of benzene rings is 1. The van der Waals surface area contributed by atoms with Gasteiger partial charge in [-0.1, -0.05) is 17.4 Å². The molecule has 2 aromatic heterocycles. The lowest BCUT2D eigenvalue weighted by atomic mass is 9.89. The minimum Gasteiger partial charge on any atom is -0.394 e. The first-order valence-electron chi connectivity index (χ1n) is 10.4. The lowest BCUT2D eigenvalue weighted by molar-refractivity contribution is 0.0951. The van der Waals surface area contributed by atoms with Crippen molar-refractivity contribution >= 4 is 32.7 Å². The van der Waals surface area contributed by atoms with Gasteiger partial charge in [0.05, 0.1) is 34.2 Å². The molecular formula is C22H26FN5O3S. The number of aromatic nitrogens is 2. The normalized spacial score (nSPS) is 19.8. The SMILES string of the molecule is Cc1cc(C[C@@H](O)CO)cnc1[C@@]1(C)CNCCN1C(=O)Nc1nc2ccc(F)cc2s1. The monoisotopic (exact) mass is 459 g/mol. The number of nitrogens with zero attached hydrogens (tertiary/aromatic N) is 3. The summed E-state index contributed by atoms with van der Waals surface area (Å²) in [6.07, 6.45) is 1.15. The van der Waals surface area contributed by atoms with E-state index in [2.05, 4.69) is 20.6 Å². The first-order chi connectivity index (χ1) is 15.3. The van der Waals surface area contributed by atoms with Crippen molar-refractivity contribution in [3.05, 3.63) is 53.1 Å². The number of piperazine rings is 1. The second kappa shape index (κ2) is 9.07. The Morgan fingerprint density at radius 3 is 3.00 bits per heavy atom. The van der Waals surface area contributed by atoms with Crippen LogP contribution in [0.5, 0.6) is 0 Å². The molecule has 0 radical (unpaired) electrons. The maximum atomic E-state index is 13.5. The summed E-state index contributed by atoms with van der Waals surface area (Å²) >= 11 is 1.23. The van der Waals surface area contributed by atoms with Gasteiger partial charge in [-0.05, 0) is 43.2 Å². The van der Waals surface area contributed by atoms with Gasteiger partial charge >= 0.3 is 6.03 Å². The van der Waals surface area contributed by atoms with E-state index >= 15 is 0 Å². The number of fused-ring (bicyclic) bond motifs is 1. The largest absolute Gasteiger partial charge is 0.394 e. The second-order valence-electron chi connectivity index (χ2n) is 8.21. The van der Waals surface area contributed by atoms with Crippen molar-refractivity contribution in [3.8, 4) is 0 Å². The van der Waals surface area contributed by atoms with Crippen LogP contribution in [0.1, 0.15) is 23.7 Å². The standard InChI is InChI=1S/C22H26FN5O3S/c1-13-7-14(8-16(30)11-29)10-25-19(13)22(2)12-24-5-6-28(22)21(31)27-20-26-17-4-3-15(23)9-18(17)32-20/h3-4,7,9-10,16,24,29-30H,5-6,8,11-12H2,1-2H3,(H,26,27,31)/t16-,22-/m1/s1. The fourth-order valence-electron chi connectivity index (χ4n) is 4.16. The van der Waals surface area contributed by atoms with Crippen molar-refractivity contribution in [2.24, 2.45) is 0 Å². The molecule has 0 bridgehead atoms. The van der Waals surface area contributed by atoms with Crippen LogP contribution in [0.25, 0.3) is 10.2 Å². The van der Waals surface area contributed by atoms with E-state index in [0.717, 1.165) is 16.8 Å². The van der Waals surface area contributed by atoms with Gasteiger partial charge in [-0.15, -0.1) is 0 Å². The number of nitrogens with one attached hydrogen (secondary N) is 2. The van der Waals surface area contributed by atoms with Crippen LogP contribution < -0.4 is 10.6 Å². The summed E-state index contributed by atoms with van der Waals surface area (Å²) in [6, 6.07) is 5.97. The molecule has 32 heavy (non-hydrogen) atoms. The van der Waals surface area contributed by atoms with Crippen molar-refractivity contribution in [2.75, 3.05) is 31.6 Å². The highest BCUT2D eigenvalue weighted by atomic mass is 32.1. The molecule has 170 valence electrons. The van der Waals surface area contributed by atoms with Gasteiger partial charge in [0.25, 0.3) is 0 Å². The van der Waals surface area contributed by atoms with Crippen molar-refractivity contribution < 1.29 is 19.4 Å². The lowest BCUT2D eigenvalue weighted by Gasteiger charge is -2.45. The molecule has 1 saturated heterocycles. The molecule has 0 saturated carbocycles. The number of amides is 2. The van der Waals surface area contributed by atoms with E-state index in [1.165, 1.54) is 23.5 Å². The quantitative estimate of drug-likeness (QED) is 0.466. The van der Waals surface area contributed by atoms with Gasteiger partial charge in [-0.2, -0.15) is 0 Å². The van der Waals surface area contributed by atoms with Gasteiger partial charge in [0, 0.05) is 32.3 Å². The van der Waals surface area contributed by atoms with Gasteiger partial charge < -0.3 is 20.4 Å². The van der Waals surface area contributed by atoms with E-state index in [4.69, 9.17) is 5.11 Å². The van der Waals surface area contributed by atoms with E-state index in [0.29, 0.717) is 41.4 Å². The Balaban J connectivity index is 1.58. The van der Waals surface area contributed by atoms with E-state index < -0.39 is 11.6 Å². The first-order valence-corrected chi connectivity index (χ1v) is 11.2. The number of rotatable bonds is 5. The number of urea groups is 1. The topological polar surface area (TPSA) is 111 Å². The van der Waals surface area contributed by atoms with Gasteiger partial charge in [0.15, 0.2) is 5.13 Å². The average molecular weight is 460 g/mol. The smallest absolute Gasteiger partial charge is 0.324 e. The molecule has 3 aromatic rings. The third kappa shape index (κ3) is 4.44. The number of carbonyl (C=O) groups is 1. The molecule has 1 fully saturated rings. The average Bonchev–Trinajstić information content (AvgIpc) is 3.14. The van der Waals surface area contributed by atoms with Gasteiger partial charge in [-0.25, -0.2) is 14.2 Å². The molecule has 4 rings (SSSR count). The third-order valence-corrected chi connectivity index (χ3v) is 6.65. The molecular weight excluding hydrogens is 433 g/mol. The molecule has 3 heterocycles. The lowest BCUT2D eigenvalue weighted by Crippen LogP contribution is -2.61. The van der Waals surface area contributed by atoms with E-state index in [1.807, 2.05) is 19.9 Å². The molecule has 1 aromatic carbocycles. The highest BCUT2D eigenvalue weighted by Crippen LogP contribution is 2.33. The fourth-order valence-corrected chi connectivity index (χ4v) is 5.04. The number of anilines is 1. The van der Waals surface area contributed by atoms with Crippen LogP contribution in [-0.2, 0) is 12.0 Å². The van der Waals surface area contributed by atoms with Crippen LogP contribution in [0.3, 0.4) is 0 Å². The molecule has 4 N–H and O–H groups in total. The van der Waals surface area contributed by atoms with E-state index in [1.54, 1.807) is 17.2 Å². The summed E-state index contributed by atoms with van der Waals surface area (Å²) in [4.78, 5) is 24.0. The van der Waals surface area contributed by atoms with Crippen LogP contribution in [0.2, 0.25) is 0 Å². The highest BCUT2D eigenvalue weighted by molar-refractivity contribution is 7.22. The van der Waals surface area contributed by atoms with Gasteiger partial charge in [0.2, 0.25) is 0 Å². The molecule has 0 unspecified atom stereocenters. The second-order valence-corrected chi connectivity index (χ2v) is 9.24. The van der Waals surface area contributed by atoms with Crippen molar-refractivity contribution in [1.82, 2.24) is 20.2 Å². The zero-order chi connectivity index (χ0) is 22.9. The number of aliphatic hydroxyl groups is 2. The number of hydrogen-bond acceptors (Lipinski definition) is 7. The van der Waals surface area contributed by atoms with Gasteiger partial charge in [0.1, 0.15) is 5.82 Å². The van der Waals surface area contributed by atoms with Crippen LogP contribution in [0, 0.1) is 12.7 Å². The summed E-state index contributed by atoms with van der Waals surface area (Å²) in [6.45, 7) is 5.23. The Bertz CT molecular complexity index is 1140. The van der Waals surface area contributed by atoms with Crippen LogP contribution in [-0.4, -0.2) is 63.5 Å². The number of aryl methyl sites for hydroxylation is 1. The minimum absolute atomic E-state index is 0.297. The third-order valence-electron chi connectivity index (χ3n) is 5.71. The van der Waals surface area contributed by atoms with Crippen LogP contribution >= 0.6 is 11.3 Å². The molecule has 0 spiro atoms. The van der Waals surface area contributed by atoms with Crippen molar-refractivity contribution in [1.29, 1.82) is 0 Å². The number of carbonyl (C=O) groups excluding carboxylic acids is 1. The highest BCUT2D eigenvalue weighted by Gasteiger charge is 2.41. The molecule has 1 aliphatic heterocycles. The zero-order valence-corrected chi connectivity index (χ0v) is 18.7. The maximum Gasteiger partial charge on any atom is 0.324 e. The van der Waals surface area contributed by atoms with E-state index in [9.17, 15) is 14.3 Å². The molecule has 0 aliphatic carbocycles. The Kier molecular flexibility index (Phi) is 6.38. The number of hydrogen-bond donors (Lipinski definition) is 4. The maximum absolute atomic E-state index is 13.5. The summed E-state index contributed by atoms with van der Waals surface area (Å²) in [5.41, 5.74) is 2.40. The molecule has 8 nitrogen and oxygen atoms in total. The Morgan fingerprint density at radius 2 is 2.25 bits per heavy atom. The van der Waals surface area contributed by atoms with Crippen LogP contribution in [0.15, 0.2) is 30.5 Å². The van der Waals surface area contributed by atoms with Crippen molar-refractivity contribution in [2.45, 2.75) is 31.9 Å². The zero-order valence-electron chi connectivity index (χ0n) is 17.9. The Hall–Kier alpha value is -2.66. The summed E-state index contributed by atoms with van der Waals surface area (Å²) < 4.78 is 14.2. The fraction of sp³-hybridized carbons (Fsp3) is 0.409. The molecule has 1 aliphatic rings. The predicted octanol–water partition coefficient (Wildman–Crippen LogP) is 2.39. The molecule has 2 amide bonds. The summed E-state index contributed by atoms with van der Waals surface area (Å²) in [7, 11) is 0. The van der Waals surface area contributed by atoms with Crippen LogP contribution in [0.4, 0.5) is 14.3 Å². The predicted molar refractivity (Wildman–Crippen MR) is 121 cm³/mol. The number of thiazole rings is 1. The Morgan fingerprint density at radius 1 is 1.44 bits per heavy atom. The number of halogens is 1. The molecule has 2 atom stereocenters. The van der Waals surface area contributed by atoms with E-state index in [-0.39, 0.29) is 18.5 Å². The summed E-state index contributed by atoms with van der Waals surface area (Å²) in [5, 5.41) is 25.4. The number of pyridine rings is 1. The number of aliphatic hydroxyl groups excluding tert-OH is 2. The van der Waals surface area contributed by atoms with Gasteiger partial charge in [-0.3, -0.25) is 10.3 Å². The minimum atomic E-state index is -0.835. The first kappa shape index (κ1) is 22.5. The van der Waals surface area contributed by atoms with Crippen molar-refractivity contribution in [3.63, 3.8) is 0 Å². The molecule has 10 heteroatoms. The summed E-state index contributed by atoms with van der Waals surface area (Å²) in [5.74, 6) is -0.342.